The second-order valence-corrected chi connectivity index (χ2v) is 7.13. The lowest BCUT2D eigenvalue weighted by molar-refractivity contribution is -0.123. The number of nitrogens with zero attached hydrogens (tertiary/aromatic N) is 1. The monoisotopic (exact) mass is 374 g/mol. The lowest BCUT2D eigenvalue weighted by atomic mass is 9.75. The number of rotatable bonds is 7. The highest BCUT2D eigenvalue weighted by molar-refractivity contribution is 6.30. The molecule has 0 spiro atoms. The number of carbonyl (C=O) groups excluding carboxylic acids is 1. The number of methoxy groups -OCH3 is 1. The maximum atomic E-state index is 12.5. The molecule has 26 heavy (non-hydrogen) atoms. The van der Waals surface area contributed by atoms with Gasteiger partial charge >= 0.3 is 0 Å². The summed E-state index contributed by atoms with van der Waals surface area (Å²) in [4.78, 5) is 16.7. The Morgan fingerprint density at radius 2 is 2.04 bits per heavy atom. The number of carbonyl (C=O) groups is 1. The fraction of sp³-hybridized carbons (Fsp3) is 0.400. The second kappa shape index (κ2) is 8.52. The second-order valence-electron chi connectivity index (χ2n) is 6.69. The van der Waals surface area contributed by atoms with Crippen LogP contribution in [0, 0.1) is 5.92 Å². The number of ether oxygens (including phenoxy) is 1. The molecule has 1 aliphatic rings. The first-order valence-electron chi connectivity index (χ1n) is 8.77. The highest BCUT2D eigenvalue weighted by Crippen LogP contribution is 2.38. The van der Waals surface area contributed by atoms with Gasteiger partial charge in [-0.05, 0) is 48.4 Å². The molecule has 0 radical (unpaired) electrons. The van der Waals surface area contributed by atoms with Gasteiger partial charge in [-0.2, -0.15) is 0 Å². The minimum Gasteiger partial charge on any atom is -0.481 e. The van der Waals surface area contributed by atoms with Crippen LogP contribution in [0.5, 0.6) is 5.88 Å². The van der Waals surface area contributed by atoms with Gasteiger partial charge in [0.1, 0.15) is 0 Å². The average molecular weight is 375 g/mol. The molecule has 6 heteroatoms. The predicted octanol–water partition coefficient (Wildman–Crippen LogP) is 3.30. The van der Waals surface area contributed by atoms with Gasteiger partial charge < -0.3 is 15.2 Å². The standard InChI is InChI=1S/C20H23ClN2O3/c1-26-19-9-5-14(12-22-19)20(15-10-17(24)11-15)23-18(25)8-4-13-2-6-16(21)7-3-13/h2-3,5-7,9,12,15,17,20,24H,4,8,10-11H2,1H3,(H,23,25)/t15?,17?,20-/m1/s1. The van der Waals surface area contributed by atoms with Gasteiger partial charge in [0.2, 0.25) is 11.8 Å². The maximum absolute atomic E-state index is 12.5. The maximum Gasteiger partial charge on any atom is 0.220 e. The van der Waals surface area contributed by atoms with Gasteiger partial charge in [0.15, 0.2) is 0 Å². The Bertz CT molecular complexity index is 728. The molecule has 0 aliphatic heterocycles. The molecule has 0 unspecified atom stereocenters. The summed E-state index contributed by atoms with van der Waals surface area (Å²) in [5, 5.41) is 13.5. The zero-order chi connectivity index (χ0) is 18.5. The Kier molecular flexibility index (Phi) is 6.12. The molecule has 2 N–H and O–H groups in total. The third kappa shape index (κ3) is 4.74. The summed E-state index contributed by atoms with van der Waals surface area (Å²) < 4.78 is 5.10. The van der Waals surface area contributed by atoms with E-state index in [1.807, 2.05) is 30.3 Å². The normalized spacial score (nSPS) is 20.1. The van der Waals surface area contributed by atoms with E-state index in [-0.39, 0.29) is 24.0 Å². The number of aromatic nitrogens is 1. The van der Waals surface area contributed by atoms with Gasteiger partial charge in [-0.3, -0.25) is 4.79 Å². The topological polar surface area (TPSA) is 71.5 Å². The van der Waals surface area contributed by atoms with Crippen molar-refractivity contribution in [3.63, 3.8) is 0 Å². The number of aliphatic hydroxyl groups is 1. The van der Waals surface area contributed by atoms with E-state index in [4.69, 9.17) is 16.3 Å². The van der Waals surface area contributed by atoms with Gasteiger partial charge in [0.25, 0.3) is 0 Å². The summed E-state index contributed by atoms with van der Waals surface area (Å²) >= 11 is 5.89. The van der Waals surface area contributed by atoms with E-state index in [9.17, 15) is 9.90 Å². The molecule has 1 heterocycles. The third-order valence-corrected chi connectivity index (χ3v) is 5.07. The predicted molar refractivity (Wildman–Crippen MR) is 100 cm³/mol. The number of hydrogen-bond donors (Lipinski definition) is 2. The molecule has 1 fully saturated rings. The summed E-state index contributed by atoms with van der Waals surface area (Å²) in [6.07, 6.45) is 3.89. The summed E-state index contributed by atoms with van der Waals surface area (Å²) in [5.74, 6) is 0.747. The Hall–Kier alpha value is -2.11. The smallest absolute Gasteiger partial charge is 0.220 e. The number of aliphatic hydroxyl groups excluding tert-OH is 1. The first kappa shape index (κ1) is 18.7. The van der Waals surface area contributed by atoms with Crippen LogP contribution < -0.4 is 10.1 Å². The highest BCUT2D eigenvalue weighted by atomic mass is 35.5. The van der Waals surface area contributed by atoms with Crippen molar-refractivity contribution in [2.75, 3.05) is 7.11 Å². The molecule has 0 saturated heterocycles. The van der Waals surface area contributed by atoms with Crippen molar-refractivity contribution in [3.8, 4) is 5.88 Å². The van der Waals surface area contributed by atoms with Crippen LogP contribution in [0.2, 0.25) is 5.02 Å². The Labute approximate surface area is 158 Å². The van der Waals surface area contributed by atoms with Crippen LogP contribution in [0.3, 0.4) is 0 Å². The van der Waals surface area contributed by atoms with Crippen molar-refractivity contribution in [1.82, 2.24) is 10.3 Å². The minimum atomic E-state index is -0.278. The molecule has 3 rings (SSSR count). The summed E-state index contributed by atoms with van der Waals surface area (Å²) in [6, 6.07) is 11.1. The van der Waals surface area contributed by atoms with Crippen LogP contribution in [-0.4, -0.2) is 29.2 Å². The zero-order valence-electron chi connectivity index (χ0n) is 14.7. The van der Waals surface area contributed by atoms with Gasteiger partial charge in [-0.1, -0.05) is 29.8 Å². The molecule has 1 atom stereocenters. The Morgan fingerprint density at radius 3 is 2.62 bits per heavy atom. The lowest BCUT2D eigenvalue weighted by Gasteiger charge is -2.38. The quantitative estimate of drug-likeness (QED) is 0.780. The lowest BCUT2D eigenvalue weighted by Crippen LogP contribution is -2.41. The first-order valence-corrected chi connectivity index (χ1v) is 9.14. The largest absolute Gasteiger partial charge is 0.481 e. The van der Waals surface area contributed by atoms with E-state index in [1.165, 1.54) is 0 Å². The Morgan fingerprint density at radius 1 is 1.31 bits per heavy atom. The number of hydrogen-bond acceptors (Lipinski definition) is 4. The zero-order valence-corrected chi connectivity index (χ0v) is 15.4. The summed E-state index contributed by atoms with van der Waals surface area (Å²) in [6.45, 7) is 0. The molecular weight excluding hydrogens is 352 g/mol. The van der Waals surface area contributed by atoms with Crippen molar-refractivity contribution in [2.45, 2.75) is 37.8 Å². The molecule has 1 aromatic carbocycles. The van der Waals surface area contributed by atoms with Crippen molar-refractivity contribution >= 4 is 17.5 Å². The molecule has 1 saturated carbocycles. The van der Waals surface area contributed by atoms with Crippen molar-refractivity contribution in [1.29, 1.82) is 0 Å². The van der Waals surface area contributed by atoms with Crippen LogP contribution in [0.4, 0.5) is 0 Å². The number of nitrogens with one attached hydrogen (secondary N) is 1. The van der Waals surface area contributed by atoms with Crippen LogP contribution in [0.25, 0.3) is 0 Å². The van der Waals surface area contributed by atoms with Gasteiger partial charge in [0.05, 0.1) is 19.3 Å². The van der Waals surface area contributed by atoms with E-state index in [0.29, 0.717) is 36.6 Å². The van der Waals surface area contributed by atoms with Gasteiger partial charge in [-0.15, -0.1) is 0 Å². The van der Waals surface area contributed by atoms with E-state index in [2.05, 4.69) is 10.3 Å². The van der Waals surface area contributed by atoms with Crippen LogP contribution >= 0.6 is 11.6 Å². The van der Waals surface area contributed by atoms with Crippen molar-refractivity contribution in [2.24, 2.45) is 5.92 Å². The molecule has 0 bridgehead atoms. The first-order chi connectivity index (χ1) is 12.5. The molecule has 2 aromatic rings. The highest BCUT2D eigenvalue weighted by Gasteiger charge is 2.35. The van der Waals surface area contributed by atoms with Gasteiger partial charge in [0, 0.05) is 23.7 Å². The van der Waals surface area contributed by atoms with Crippen molar-refractivity contribution in [3.05, 3.63) is 58.7 Å². The summed E-state index contributed by atoms with van der Waals surface area (Å²) in [5.41, 5.74) is 2.01. The van der Waals surface area contributed by atoms with Crippen LogP contribution in [0.15, 0.2) is 42.6 Å². The average Bonchev–Trinajstić information content (AvgIpc) is 2.63. The number of pyridine rings is 1. The van der Waals surface area contributed by atoms with Crippen molar-refractivity contribution < 1.29 is 14.6 Å². The van der Waals surface area contributed by atoms with Gasteiger partial charge in [-0.25, -0.2) is 4.98 Å². The van der Waals surface area contributed by atoms with Crippen LogP contribution in [-0.2, 0) is 11.2 Å². The number of amides is 1. The van der Waals surface area contributed by atoms with E-state index in [1.54, 1.807) is 19.4 Å². The van der Waals surface area contributed by atoms with Crippen LogP contribution in [0.1, 0.15) is 36.4 Å². The number of benzene rings is 1. The van der Waals surface area contributed by atoms with E-state index < -0.39 is 0 Å². The molecule has 1 aliphatic carbocycles. The number of aryl methyl sites for hydroxylation is 1. The molecule has 1 aromatic heterocycles. The molecule has 5 nitrogen and oxygen atoms in total. The SMILES string of the molecule is COc1ccc([C@@H](NC(=O)CCc2ccc(Cl)cc2)C2CC(O)C2)cn1. The molecular formula is C20H23ClN2O3. The molecule has 138 valence electrons. The Balaban J connectivity index is 1.62. The fourth-order valence-electron chi connectivity index (χ4n) is 3.23. The fourth-order valence-corrected chi connectivity index (χ4v) is 3.35. The third-order valence-electron chi connectivity index (χ3n) is 4.82. The molecule has 1 amide bonds. The van der Waals surface area contributed by atoms with E-state index >= 15 is 0 Å². The number of halogens is 1. The van der Waals surface area contributed by atoms with E-state index in [0.717, 1.165) is 11.1 Å². The minimum absolute atomic E-state index is 0.0119. The summed E-state index contributed by atoms with van der Waals surface area (Å²) in [7, 11) is 1.57.